The average molecular weight is 495 g/mol. The van der Waals surface area contributed by atoms with E-state index < -0.39 is 0 Å². The Labute approximate surface area is 217 Å². The van der Waals surface area contributed by atoms with Crippen LogP contribution in [0.4, 0.5) is 16.2 Å². The molecule has 0 aliphatic carbocycles. The van der Waals surface area contributed by atoms with Crippen LogP contribution in [0.3, 0.4) is 0 Å². The lowest BCUT2D eigenvalue weighted by molar-refractivity contribution is 0.0821. The highest BCUT2D eigenvalue weighted by molar-refractivity contribution is 6.02. The number of nitrogens with zero attached hydrogens (tertiary/aromatic N) is 4. The molecule has 0 aliphatic rings. The van der Waals surface area contributed by atoms with Crippen LogP contribution < -0.4 is 14.5 Å². The third kappa shape index (κ3) is 9.41. The second-order valence-corrected chi connectivity index (χ2v) is 6.91. The first-order valence-corrected chi connectivity index (χ1v) is 12.4. The largest absolute Gasteiger partial charge is 0.457 e. The number of rotatable bonds is 5. The van der Waals surface area contributed by atoms with Crippen molar-refractivity contribution in [3.63, 3.8) is 0 Å². The molecule has 0 spiro atoms. The molecule has 0 unspecified atom stereocenters. The molecular formula is C29H42N4O3. The Balaban J connectivity index is 0.00000190. The number of hydrogen-bond acceptors (Lipinski definition) is 4. The highest BCUT2D eigenvalue weighted by Gasteiger charge is 2.17. The average Bonchev–Trinajstić information content (AvgIpc) is 2.95. The predicted octanol–water partition coefficient (Wildman–Crippen LogP) is 7.35. The van der Waals surface area contributed by atoms with Crippen LogP contribution in [0.1, 0.15) is 52.0 Å². The van der Waals surface area contributed by atoms with Gasteiger partial charge < -0.3 is 9.64 Å². The summed E-state index contributed by atoms with van der Waals surface area (Å²) < 4.78 is 5.84. The van der Waals surface area contributed by atoms with Crippen LogP contribution >= 0.6 is 0 Å². The van der Waals surface area contributed by atoms with E-state index in [1.54, 1.807) is 74.4 Å². The molecule has 0 atom stereocenters. The van der Waals surface area contributed by atoms with E-state index in [2.05, 4.69) is 4.98 Å². The van der Waals surface area contributed by atoms with E-state index in [4.69, 9.17) is 4.74 Å². The van der Waals surface area contributed by atoms with Crippen molar-refractivity contribution >= 4 is 23.3 Å². The first-order valence-electron chi connectivity index (χ1n) is 12.4. The van der Waals surface area contributed by atoms with E-state index in [9.17, 15) is 9.59 Å². The molecular weight excluding hydrogens is 452 g/mol. The Bertz CT molecular complexity index is 1020. The second-order valence-electron chi connectivity index (χ2n) is 6.91. The molecule has 0 bridgehead atoms. The van der Waals surface area contributed by atoms with Crippen LogP contribution in [0.25, 0.3) is 0 Å². The SMILES string of the molecule is CC.CC.CC.CN(C)C(=O)c1cc(Oc2ccc(N(C)C(=O)N(C)c3ccccc3)cc2)ccn1. The fraction of sp³-hybridized carbons (Fsp3) is 0.345. The molecule has 0 fully saturated rings. The number of hydrogen-bond donors (Lipinski definition) is 0. The van der Waals surface area contributed by atoms with E-state index in [0.29, 0.717) is 17.2 Å². The van der Waals surface area contributed by atoms with Gasteiger partial charge in [-0.3, -0.25) is 19.6 Å². The number of ether oxygens (including phenoxy) is 1. The minimum Gasteiger partial charge on any atom is -0.457 e. The molecule has 3 rings (SSSR count). The summed E-state index contributed by atoms with van der Waals surface area (Å²) in [6.07, 6.45) is 1.53. The Morgan fingerprint density at radius 3 is 1.67 bits per heavy atom. The van der Waals surface area contributed by atoms with Crippen molar-refractivity contribution in [1.29, 1.82) is 0 Å². The second kappa shape index (κ2) is 17.5. The monoisotopic (exact) mass is 494 g/mol. The summed E-state index contributed by atoms with van der Waals surface area (Å²) in [5.74, 6) is 0.903. The van der Waals surface area contributed by atoms with Gasteiger partial charge >= 0.3 is 6.03 Å². The van der Waals surface area contributed by atoms with Gasteiger partial charge in [-0.2, -0.15) is 0 Å². The Kier molecular flexibility index (Phi) is 15.7. The number of benzene rings is 2. The van der Waals surface area contributed by atoms with Gasteiger partial charge in [-0.25, -0.2) is 4.79 Å². The summed E-state index contributed by atoms with van der Waals surface area (Å²) in [5, 5.41) is 0. The summed E-state index contributed by atoms with van der Waals surface area (Å²) in [5.41, 5.74) is 1.85. The summed E-state index contributed by atoms with van der Waals surface area (Å²) in [7, 11) is 6.80. The molecule has 3 aromatic rings. The van der Waals surface area contributed by atoms with Crippen LogP contribution in [0.15, 0.2) is 72.9 Å². The first-order chi connectivity index (χ1) is 17.4. The number of urea groups is 1. The smallest absolute Gasteiger partial charge is 0.328 e. The van der Waals surface area contributed by atoms with E-state index in [0.717, 1.165) is 11.4 Å². The first kappa shape index (κ1) is 32.1. The molecule has 0 N–H and O–H groups in total. The molecule has 0 radical (unpaired) electrons. The molecule has 3 amide bonds. The van der Waals surface area contributed by atoms with Gasteiger partial charge in [0.15, 0.2) is 0 Å². The number of carbonyl (C=O) groups excluding carboxylic acids is 2. The van der Waals surface area contributed by atoms with Crippen molar-refractivity contribution in [2.24, 2.45) is 0 Å². The molecule has 1 aromatic heterocycles. The van der Waals surface area contributed by atoms with E-state index >= 15 is 0 Å². The van der Waals surface area contributed by atoms with Crippen LogP contribution in [0.5, 0.6) is 11.5 Å². The number of carbonyl (C=O) groups is 2. The fourth-order valence-corrected chi connectivity index (χ4v) is 2.79. The summed E-state index contributed by atoms with van der Waals surface area (Å²) in [6.45, 7) is 12.0. The molecule has 0 saturated carbocycles. The number of amides is 3. The summed E-state index contributed by atoms with van der Waals surface area (Å²) in [4.78, 5) is 33.5. The highest BCUT2D eigenvalue weighted by Crippen LogP contribution is 2.25. The van der Waals surface area contributed by atoms with Crippen molar-refractivity contribution in [2.45, 2.75) is 41.5 Å². The third-order valence-electron chi connectivity index (χ3n) is 4.53. The lowest BCUT2D eigenvalue weighted by atomic mass is 10.2. The minimum atomic E-state index is -0.196. The number of aromatic nitrogens is 1. The van der Waals surface area contributed by atoms with E-state index in [-0.39, 0.29) is 11.9 Å². The lowest BCUT2D eigenvalue weighted by Crippen LogP contribution is -2.38. The van der Waals surface area contributed by atoms with Crippen molar-refractivity contribution in [2.75, 3.05) is 38.0 Å². The van der Waals surface area contributed by atoms with Crippen LogP contribution in [0, 0.1) is 0 Å². The van der Waals surface area contributed by atoms with Crippen LogP contribution in [-0.4, -0.2) is 50.0 Å². The highest BCUT2D eigenvalue weighted by atomic mass is 16.5. The van der Waals surface area contributed by atoms with Crippen molar-refractivity contribution in [3.05, 3.63) is 78.6 Å². The van der Waals surface area contributed by atoms with Crippen molar-refractivity contribution in [3.8, 4) is 11.5 Å². The third-order valence-corrected chi connectivity index (χ3v) is 4.53. The Hall–Kier alpha value is -3.87. The molecule has 196 valence electrons. The topological polar surface area (TPSA) is 66.0 Å². The molecule has 0 aliphatic heterocycles. The van der Waals surface area contributed by atoms with Crippen LogP contribution in [0.2, 0.25) is 0 Å². The Morgan fingerprint density at radius 2 is 1.17 bits per heavy atom. The zero-order valence-corrected chi connectivity index (χ0v) is 23.4. The summed E-state index contributed by atoms with van der Waals surface area (Å²) >= 11 is 0. The van der Waals surface area contributed by atoms with E-state index in [1.165, 1.54) is 11.1 Å². The fourth-order valence-electron chi connectivity index (χ4n) is 2.79. The van der Waals surface area contributed by atoms with Gasteiger partial charge in [0.25, 0.3) is 5.91 Å². The predicted molar refractivity (Wildman–Crippen MR) is 151 cm³/mol. The van der Waals surface area contributed by atoms with Crippen LogP contribution in [-0.2, 0) is 0 Å². The van der Waals surface area contributed by atoms with Crippen molar-refractivity contribution < 1.29 is 14.3 Å². The zero-order valence-electron chi connectivity index (χ0n) is 23.4. The van der Waals surface area contributed by atoms with Gasteiger partial charge in [0.05, 0.1) is 0 Å². The van der Waals surface area contributed by atoms with Gasteiger partial charge in [-0.15, -0.1) is 0 Å². The molecule has 7 heteroatoms. The lowest BCUT2D eigenvalue weighted by Gasteiger charge is -2.25. The number of anilines is 2. The normalized spacial score (nSPS) is 9.06. The van der Waals surface area contributed by atoms with Gasteiger partial charge in [0.1, 0.15) is 17.2 Å². The van der Waals surface area contributed by atoms with Crippen molar-refractivity contribution in [1.82, 2.24) is 9.88 Å². The van der Waals surface area contributed by atoms with Gasteiger partial charge in [0.2, 0.25) is 0 Å². The maximum Gasteiger partial charge on any atom is 0.328 e. The Morgan fingerprint density at radius 1 is 0.667 bits per heavy atom. The maximum absolute atomic E-state index is 12.8. The quantitative estimate of drug-likeness (QED) is 0.372. The van der Waals surface area contributed by atoms with Gasteiger partial charge in [-0.1, -0.05) is 59.7 Å². The van der Waals surface area contributed by atoms with Gasteiger partial charge in [-0.05, 0) is 42.5 Å². The molecule has 7 nitrogen and oxygen atoms in total. The zero-order chi connectivity index (χ0) is 27.7. The minimum absolute atomic E-state index is 0.157. The number of pyridine rings is 1. The molecule has 2 aromatic carbocycles. The van der Waals surface area contributed by atoms with E-state index in [1.807, 2.05) is 71.9 Å². The maximum atomic E-state index is 12.8. The summed E-state index contributed by atoms with van der Waals surface area (Å²) in [6, 6.07) is 19.7. The number of para-hydroxylation sites is 1. The molecule has 36 heavy (non-hydrogen) atoms. The molecule has 0 saturated heterocycles. The molecule has 1 heterocycles. The van der Waals surface area contributed by atoms with Gasteiger partial charge in [0, 0.05) is 51.8 Å². The standard InChI is InChI=1S/C23H24N4O3.3C2H6/c1-25(2)22(28)21-16-20(14-15-24-21)30-19-12-10-18(11-13-19)27(4)23(29)26(3)17-8-6-5-7-9-17;3*1-2/h5-16H,1-4H3;3*1-2H3.